The molecule has 1 aromatic heterocycles. The van der Waals surface area contributed by atoms with Gasteiger partial charge in [-0.1, -0.05) is 19.1 Å². The summed E-state index contributed by atoms with van der Waals surface area (Å²) < 4.78 is 0. The summed E-state index contributed by atoms with van der Waals surface area (Å²) in [7, 11) is 0. The van der Waals surface area contributed by atoms with Crippen LogP contribution >= 0.6 is 0 Å². The molecule has 2 N–H and O–H groups in total. The number of H-pyrrole nitrogens is 1. The first kappa shape index (κ1) is 18.5. The number of hydrogen-bond donors (Lipinski definition) is 2. The second kappa shape index (κ2) is 7.91. The third-order valence-corrected chi connectivity index (χ3v) is 5.21. The van der Waals surface area contributed by atoms with E-state index in [1.165, 1.54) is 5.56 Å². The number of nitrogens with one attached hydrogen (secondary N) is 2. The van der Waals surface area contributed by atoms with E-state index in [1.54, 1.807) is 0 Å². The van der Waals surface area contributed by atoms with Gasteiger partial charge in [-0.15, -0.1) is 0 Å². The number of aromatic nitrogens is 1. The molecule has 1 aliphatic heterocycles. The highest BCUT2D eigenvalue weighted by Crippen LogP contribution is 2.19. The molecular weight excluding hydrogens is 328 g/mol. The van der Waals surface area contributed by atoms with Gasteiger partial charge in [-0.2, -0.15) is 0 Å². The Hall–Kier alpha value is -2.34. The van der Waals surface area contributed by atoms with Crippen LogP contribution in [0.5, 0.6) is 0 Å². The molecule has 6 heteroatoms. The van der Waals surface area contributed by atoms with Gasteiger partial charge in [0.2, 0.25) is 0 Å². The van der Waals surface area contributed by atoms with E-state index in [-0.39, 0.29) is 11.6 Å². The molecule has 3 rings (SSSR count). The van der Waals surface area contributed by atoms with Gasteiger partial charge < -0.3 is 15.2 Å². The van der Waals surface area contributed by atoms with Crippen molar-refractivity contribution in [1.29, 1.82) is 0 Å². The molecule has 1 aromatic carbocycles. The zero-order chi connectivity index (χ0) is 18.7. The number of urea groups is 1. The molecule has 0 unspecified atom stereocenters. The first-order valence-electron chi connectivity index (χ1n) is 9.37. The summed E-state index contributed by atoms with van der Waals surface area (Å²) in [5.74, 6) is 0. The number of carbonyl (C=O) groups excluding carboxylic acids is 1. The van der Waals surface area contributed by atoms with E-state index in [4.69, 9.17) is 0 Å². The first-order chi connectivity index (χ1) is 12.5. The van der Waals surface area contributed by atoms with Gasteiger partial charge in [0, 0.05) is 44.8 Å². The fourth-order valence-electron chi connectivity index (χ4n) is 3.38. The van der Waals surface area contributed by atoms with Crippen molar-refractivity contribution in [1.82, 2.24) is 20.1 Å². The van der Waals surface area contributed by atoms with Crippen molar-refractivity contribution in [2.45, 2.75) is 33.7 Å². The van der Waals surface area contributed by atoms with Gasteiger partial charge in [0.15, 0.2) is 0 Å². The molecule has 0 spiro atoms. The highest BCUT2D eigenvalue weighted by atomic mass is 16.2. The van der Waals surface area contributed by atoms with Crippen molar-refractivity contribution >= 4 is 16.9 Å². The standard InChI is InChI=1S/C20H28N4O2/c1-4-7-21-20(26)24-10-8-23(9-11-24)13-17-12-16-6-5-14(2)15(3)18(16)22-19(17)25/h5-6,12H,4,7-11,13H2,1-3H3,(H,21,26)(H,22,25). The molecule has 0 radical (unpaired) electrons. The molecule has 0 aliphatic carbocycles. The third kappa shape index (κ3) is 3.90. The molecule has 0 bridgehead atoms. The van der Waals surface area contributed by atoms with Crippen LogP contribution in [0.1, 0.15) is 30.0 Å². The Morgan fingerprint density at radius 2 is 1.92 bits per heavy atom. The largest absolute Gasteiger partial charge is 0.338 e. The number of benzene rings is 1. The van der Waals surface area contributed by atoms with Crippen molar-refractivity contribution in [3.8, 4) is 0 Å². The smallest absolute Gasteiger partial charge is 0.317 e. The van der Waals surface area contributed by atoms with E-state index in [2.05, 4.69) is 34.3 Å². The molecule has 0 saturated carbocycles. The van der Waals surface area contributed by atoms with Crippen LogP contribution in [0.25, 0.3) is 10.9 Å². The van der Waals surface area contributed by atoms with E-state index < -0.39 is 0 Å². The molecule has 1 aliphatic rings. The maximum atomic E-state index is 12.5. The lowest BCUT2D eigenvalue weighted by molar-refractivity contribution is 0.135. The van der Waals surface area contributed by atoms with E-state index in [1.807, 2.05) is 24.8 Å². The minimum atomic E-state index is -0.0191. The highest BCUT2D eigenvalue weighted by molar-refractivity contribution is 5.83. The quantitative estimate of drug-likeness (QED) is 0.884. The minimum Gasteiger partial charge on any atom is -0.338 e. The highest BCUT2D eigenvalue weighted by Gasteiger charge is 2.21. The van der Waals surface area contributed by atoms with Crippen molar-refractivity contribution in [2.24, 2.45) is 0 Å². The topological polar surface area (TPSA) is 68.4 Å². The number of nitrogens with zero attached hydrogens (tertiary/aromatic N) is 2. The van der Waals surface area contributed by atoms with Crippen molar-refractivity contribution < 1.29 is 4.79 Å². The average Bonchev–Trinajstić information content (AvgIpc) is 2.65. The van der Waals surface area contributed by atoms with Crippen LogP contribution in [0.2, 0.25) is 0 Å². The molecule has 1 fully saturated rings. The summed E-state index contributed by atoms with van der Waals surface area (Å²) in [5.41, 5.74) is 3.99. The third-order valence-electron chi connectivity index (χ3n) is 5.21. The summed E-state index contributed by atoms with van der Waals surface area (Å²) in [6, 6.07) is 6.17. The normalized spacial score (nSPS) is 15.4. The lowest BCUT2D eigenvalue weighted by Gasteiger charge is -2.34. The zero-order valence-electron chi connectivity index (χ0n) is 15.9. The molecule has 2 heterocycles. The number of hydrogen-bond acceptors (Lipinski definition) is 3. The fraction of sp³-hybridized carbons (Fsp3) is 0.500. The van der Waals surface area contributed by atoms with Crippen molar-refractivity contribution in [3.05, 3.63) is 45.2 Å². The van der Waals surface area contributed by atoms with Crippen LogP contribution in [0, 0.1) is 13.8 Å². The summed E-state index contributed by atoms with van der Waals surface area (Å²) in [4.78, 5) is 31.7. The van der Waals surface area contributed by atoms with E-state index in [9.17, 15) is 9.59 Å². The Kier molecular flexibility index (Phi) is 5.61. The molecule has 140 valence electrons. The average molecular weight is 356 g/mol. The second-order valence-corrected chi connectivity index (χ2v) is 7.09. The predicted molar refractivity (Wildman–Crippen MR) is 105 cm³/mol. The molecule has 1 saturated heterocycles. The van der Waals surface area contributed by atoms with Crippen LogP contribution in [0.4, 0.5) is 4.79 Å². The van der Waals surface area contributed by atoms with Crippen LogP contribution in [-0.4, -0.2) is 53.5 Å². The van der Waals surface area contributed by atoms with Crippen LogP contribution in [0.15, 0.2) is 23.0 Å². The molecule has 0 atom stereocenters. The molecule has 26 heavy (non-hydrogen) atoms. The summed E-state index contributed by atoms with van der Waals surface area (Å²) in [5, 5.41) is 3.99. The monoisotopic (exact) mass is 356 g/mol. The van der Waals surface area contributed by atoms with Crippen molar-refractivity contribution in [3.63, 3.8) is 0 Å². The summed E-state index contributed by atoms with van der Waals surface area (Å²) in [6.07, 6.45) is 0.940. The van der Waals surface area contributed by atoms with Crippen LogP contribution < -0.4 is 10.9 Å². The Morgan fingerprint density at radius 3 is 2.62 bits per heavy atom. The summed E-state index contributed by atoms with van der Waals surface area (Å²) in [6.45, 7) is 10.4. The van der Waals surface area contributed by atoms with Crippen molar-refractivity contribution in [2.75, 3.05) is 32.7 Å². The Morgan fingerprint density at radius 1 is 1.19 bits per heavy atom. The van der Waals surface area contributed by atoms with Gasteiger partial charge in [0.05, 0.1) is 5.52 Å². The van der Waals surface area contributed by atoms with Crippen LogP contribution in [-0.2, 0) is 6.54 Å². The van der Waals surface area contributed by atoms with Crippen LogP contribution in [0.3, 0.4) is 0 Å². The summed E-state index contributed by atoms with van der Waals surface area (Å²) >= 11 is 0. The van der Waals surface area contributed by atoms with Gasteiger partial charge in [-0.05, 0) is 42.8 Å². The van der Waals surface area contributed by atoms with Gasteiger partial charge in [-0.3, -0.25) is 9.69 Å². The lowest BCUT2D eigenvalue weighted by atomic mass is 10.0. The Bertz CT molecular complexity index is 851. The predicted octanol–water partition coefficient (Wildman–Crippen LogP) is 2.38. The van der Waals surface area contributed by atoms with E-state index >= 15 is 0 Å². The number of aromatic amines is 1. The molecular formula is C20H28N4O2. The number of pyridine rings is 1. The SMILES string of the molecule is CCCNC(=O)N1CCN(Cc2cc3ccc(C)c(C)c3[nH]c2=O)CC1. The maximum absolute atomic E-state index is 12.5. The van der Waals surface area contributed by atoms with Gasteiger partial charge in [0.1, 0.15) is 0 Å². The number of carbonyl (C=O) groups is 1. The van der Waals surface area contributed by atoms with Gasteiger partial charge in [0.25, 0.3) is 5.56 Å². The fourth-order valence-corrected chi connectivity index (χ4v) is 3.38. The Balaban J connectivity index is 1.67. The maximum Gasteiger partial charge on any atom is 0.317 e. The second-order valence-electron chi connectivity index (χ2n) is 7.09. The van der Waals surface area contributed by atoms with E-state index in [0.717, 1.165) is 41.5 Å². The zero-order valence-corrected chi connectivity index (χ0v) is 15.9. The lowest BCUT2D eigenvalue weighted by Crippen LogP contribution is -2.51. The molecule has 6 nitrogen and oxygen atoms in total. The molecule has 2 amide bonds. The number of amides is 2. The van der Waals surface area contributed by atoms with Gasteiger partial charge in [-0.25, -0.2) is 4.79 Å². The number of piperazine rings is 1. The van der Waals surface area contributed by atoms with E-state index in [0.29, 0.717) is 26.2 Å². The number of aryl methyl sites for hydroxylation is 2. The number of fused-ring (bicyclic) bond motifs is 1. The molecule has 2 aromatic rings. The number of rotatable bonds is 4. The first-order valence-corrected chi connectivity index (χ1v) is 9.37. The van der Waals surface area contributed by atoms with Gasteiger partial charge >= 0.3 is 6.03 Å². The minimum absolute atomic E-state index is 0.0147. The Labute approximate surface area is 154 Å².